The van der Waals surface area contributed by atoms with Crippen molar-refractivity contribution in [3.8, 4) is 11.5 Å². The first-order chi connectivity index (χ1) is 5.86. The molecule has 4 heteroatoms. The van der Waals surface area contributed by atoms with Gasteiger partial charge in [0.05, 0.1) is 11.9 Å². The lowest BCUT2D eigenvalue weighted by atomic mass is 10.2. The number of nitrogens with one attached hydrogen (secondary N) is 1. The third-order valence-electron chi connectivity index (χ3n) is 2.17. The average Bonchev–Trinajstić information content (AvgIpc) is 2.63. The minimum atomic E-state index is 0.885. The van der Waals surface area contributed by atoms with Crippen molar-refractivity contribution in [1.29, 1.82) is 0 Å². The van der Waals surface area contributed by atoms with E-state index >= 15 is 0 Å². The van der Waals surface area contributed by atoms with Crippen LogP contribution in [0.25, 0.3) is 11.5 Å². The van der Waals surface area contributed by atoms with Crippen LogP contribution in [0, 0.1) is 0 Å². The van der Waals surface area contributed by atoms with E-state index < -0.39 is 0 Å². The molecule has 3 nitrogen and oxygen atoms in total. The Bertz CT molecular complexity index is 444. The molecule has 1 aliphatic rings. The Morgan fingerprint density at radius 2 is 2.50 bits per heavy atom. The molecule has 0 saturated heterocycles. The van der Waals surface area contributed by atoms with Gasteiger partial charge in [-0.2, -0.15) is 0 Å². The van der Waals surface area contributed by atoms with Crippen LogP contribution in [0.4, 0.5) is 0 Å². The van der Waals surface area contributed by atoms with Crippen molar-refractivity contribution in [3.05, 3.63) is 28.0 Å². The van der Waals surface area contributed by atoms with E-state index in [2.05, 4.69) is 26.1 Å². The Kier molecular flexibility index (Phi) is 1.09. The maximum atomic E-state index is 5.11. The molecule has 0 atom stereocenters. The molecule has 0 fully saturated rings. The molecule has 0 radical (unpaired) electrons. The van der Waals surface area contributed by atoms with Crippen LogP contribution in [0.15, 0.2) is 21.4 Å². The highest BCUT2D eigenvalue weighted by atomic mass is 79.9. The van der Waals surface area contributed by atoms with Gasteiger partial charge in [-0.15, -0.1) is 0 Å². The third kappa shape index (κ3) is 0.634. The topological polar surface area (TPSA) is 41.8 Å². The van der Waals surface area contributed by atoms with Gasteiger partial charge in [0.1, 0.15) is 0 Å². The van der Waals surface area contributed by atoms with Crippen molar-refractivity contribution < 1.29 is 4.52 Å². The number of aromatic nitrogens is 2. The van der Waals surface area contributed by atoms with Gasteiger partial charge in [0.2, 0.25) is 0 Å². The van der Waals surface area contributed by atoms with Crippen molar-refractivity contribution >= 4 is 15.9 Å². The van der Waals surface area contributed by atoms with Crippen LogP contribution in [0.5, 0.6) is 0 Å². The molecule has 60 valence electrons. The second kappa shape index (κ2) is 2.01. The highest BCUT2D eigenvalue weighted by Gasteiger charge is 2.25. The Labute approximate surface area is 76.9 Å². The number of hydrogen-bond acceptors (Lipinski definition) is 2. The smallest absolute Gasteiger partial charge is 0.186 e. The average molecular weight is 225 g/mol. The van der Waals surface area contributed by atoms with Gasteiger partial charge >= 0.3 is 0 Å². The van der Waals surface area contributed by atoms with Gasteiger partial charge in [-0.05, 0) is 21.5 Å². The minimum Gasteiger partial charge on any atom is -0.357 e. The van der Waals surface area contributed by atoms with Gasteiger partial charge in [-0.25, -0.2) is 0 Å². The third-order valence-corrected chi connectivity index (χ3v) is 2.88. The Hall–Kier alpha value is -1.03. The number of aromatic amines is 1. The molecular weight excluding hydrogens is 220 g/mol. The molecule has 3 rings (SSSR count). The first kappa shape index (κ1) is 6.48. The summed E-state index contributed by atoms with van der Waals surface area (Å²) in [4.78, 5) is 3.15. The molecule has 1 aliphatic carbocycles. The maximum absolute atomic E-state index is 5.11. The molecule has 0 spiro atoms. The second-order valence-corrected chi connectivity index (χ2v) is 3.70. The first-order valence-electron chi connectivity index (χ1n) is 3.66. The normalized spacial score (nSPS) is 13.1. The molecule has 12 heavy (non-hydrogen) atoms. The van der Waals surface area contributed by atoms with E-state index in [-0.39, 0.29) is 0 Å². The molecule has 1 N–H and O–H groups in total. The lowest BCUT2D eigenvalue weighted by Crippen LogP contribution is -1.76. The van der Waals surface area contributed by atoms with E-state index in [1.54, 1.807) is 6.20 Å². The molecule has 2 aromatic rings. The predicted octanol–water partition coefficient (Wildman–Crippen LogP) is 2.34. The summed E-state index contributed by atoms with van der Waals surface area (Å²) in [5.41, 5.74) is 3.50. The molecular formula is C8H5BrN2O. The van der Waals surface area contributed by atoms with Crippen LogP contribution in [0.2, 0.25) is 0 Å². The largest absolute Gasteiger partial charge is 0.357 e. The fraction of sp³-hybridized carbons (Fsp3) is 0.125. The minimum absolute atomic E-state index is 0.885. The van der Waals surface area contributed by atoms with E-state index in [9.17, 15) is 0 Å². The van der Waals surface area contributed by atoms with Gasteiger partial charge in [0.25, 0.3) is 0 Å². The van der Waals surface area contributed by atoms with Crippen LogP contribution in [0.3, 0.4) is 0 Å². The molecule has 0 saturated carbocycles. The van der Waals surface area contributed by atoms with E-state index in [0.29, 0.717) is 0 Å². The lowest BCUT2D eigenvalue weighted by Gasteiger charge is -1.87. The first-order valence-corrected chi connectivity index (χ1v) is 4.45. The highest BCUT2D eigenvalue weighted by molar-refractivity contribution is 9.10. The lowest BCUT2D eigenvalue weighted by molar-refractivity contribution is 0.431. The van der Waals surface area contributed by atoms with Crippen LogP contribution in [-0.4, -0.2) is 10.1 Å². The number of hydrogen-bond donors (Lipinski definition) is 1. The van der Waals surface area contributed by atoms with Gasteiger partial charge in [0.15, 0.2) is 5.76 Å². The number of rotatable bonds is 0. The zero-order valence-corrected chi connectivity index (χ0v) is 7.68. The SMILES string of the molecule is Brc1c[nH]c2c1Cc1cnoc1-2. The Morgan fingerprint density at radius 1 is 1.58 bits per heavy atom. The molecule has 0 bridgehead atoms. The van der Waals surface area contributed by atoms with Gasteiger partial charge in [-0.1, -0.05) is 5.16 Å². The summed E-state index contributed by atoms with van der Waals surface area (Å²) in [6.45, 7) is 0. The summed E-state index contributed by atoms with van der Waals surface area (Å²) < 4.78 is 6.23. The van der Waals surface area contributed by atoms with Crippen molar-refractivity contribution in [2.45, 2.75) is 6.42 Å². The Morgan fingerprint density at radius 3 is 3.42 bits per heavy atom. The standard InChI is InChI=1S/C8H5BrN2O/c9-6-3-10-7-5(6)1-4-2-11-12-8(4)7/h2-3,10H,1H2. The van der Waals surface area contributed by atoms with Gasteiger partial charge in [0, 0.05) is 22.7 Å². The summed E-state index contributed by atoms with van der Waals surface area (Å²) in [7, 11) is 0. The summed E-state index contributed by atoms with van der Waals surface area (Å²) in [5, 5.41) is 3.74. The Balaban J connectivity index is 2.34. The van der Waals surface area contributed by atoms with Crippen LogP contribution >= 0.6 is 15.9 Å². The molecule has 2 aromatic heterocycles. The summed E-state index contributed by atoms with van der Waals surface area (Å²) in [5.74, 6) is 0.885. The summed E-state index contributed by atoms with van der Waals surface area (Å²) in [6, 6.07) is 0. The summed E-state index contributed by atoms with van der Waals surface area (Å²) >= 11 is 3.47. The van der Waals surface area contributed by atoms with E-state index in [1.807, 2.05) is 6.20 Å². The summed E-state index contributed by atoms with van der Waals surface area (Å²) in [6.07, 6.45) is 4.62. The van der Waals surface area contributed by atoms with Crippen molar-refractivity contribution in [2.75, 3.05) is 0 Å². The monoisotopic (exact) mass is 224 g/mol. The molecule has 0 unspecified atom stereocenters. The van der Waals surface area contributed by atoms with Crippen LogP contribution in [0.1, 0.15) is 11.1 Å². The molecule has 0 aliphatic heterocycles. The van der Waals surface area contributed by atoms with Gasteiger partial charge < -0.3 is 9.51 Å². The van der Waals surface area contributed by atoms with Crippen LogP contribution in [-0.2, 0) is 6.42 Å². The highest BCUT2D eigenvalue weighted by Crippen LogP contribution is 2.39. The zero-order chi connectivity index (χ0) is 8.13. The number of H-pyrrole nitrogens is 1. The molecule has 0 amide bonds. The van der Waals surface area contributed by atoms with Crippen molar-refractivity contribution in [1.82, 2.24) is 10.1 Å². The fourth-order valence-corrected chi connectivity index (χ4v) is 2.04. The van der Waals surface area contributed by atoms with Crippen LogP contribution < -0.4 is 0 Å². The second-order valence-electron chi connectivity index (χ2n) is 2.85. The van der Waals surface area contributed by atoms with Crippen molar-refractivity contribution in [3.63, 3.8) is 0 Å². The van der Waals surface area contributed by atoms with Crippen molar-refractivity contribution in [2.24, 2.45) is 0 Å². The zero-order valence-electron chi connectivity index (χ0n) is 6.10. The number of nitrogens with zero attached hydrogens (tertiary/aromatic N) is 1. The number of halogens is 1. The van der Waals surface area contributed by atoms with E-state index in [0.717, 1.165) is 27.9 Å². The molecule has 2 heterocycles. The maximum Gasteiger partial charge on any atom is 0.186 e. The van der Waals surface area contributed by atoms with Gasteiger partial charge in [-0.3, -0.25) is 0 Å². The van der Waals surface area contributed by atoms with E-state index in [1.165, 1.54) is 5.56 Å². The molecule has 0 aromatic carbocycles. The fourth-order valence-electron chi connectivity index (χ4n) is 1.59. The number of fused-ring (bicyclic) bond motifs is 3. The predicted molar refractivity (Wildman–Crippen MR) is 46.8 cm³/mol. The quantitative estimate of drug-likeness (QED) is 0.637. The van der Waals surface area contributed by atoms with E-state index in [4.69, 9.17) is 4.52 Å².